The van der Waals surface area contributed by atoms with Crippen molar-refractivity contribution in [2.24, 2.45) is 5.41 Å². The second-order valence-electron chi connectivity index (χ2n) is 11.1. The van der Waals surface area contributed by atoms with Gasteiger partial charge in [-0.2, -0.15) is 0 Å². The topological polar surface area (TPSA) is 0 Å². The summed E-state index contributed by atoms with van der Waals surface area (Å²) in [6.45, 7) is 16.8. The molecule has 0 amide bonds. The molecule has 1 heteroatoms. The largest absolute Gasteiger partial charge is 0.0912 e. The summed E-state index contributed by atoms with van der Waals surface area (Å²) < 4.78 is 0. The number of unbranched alkanes of at least 4 members (excludes halogenated alkanes) is 6. The average Bonchev–Trinajstić information content (AvgIpc) is 3.20. The van der Waals surface area contributed by atoms with Crippen LogP contribution in [-0.2, 0) is 12.8 Å². The van der Waals surface area contributed by atoms with Crippen molar-refractivity contribution in [1.82, 2.24) is 0 Å². The van der Waals surface area contributed by atoms with Gasteiger partial charge in [0.05, 0.1) is 8.07 Å². The molecule has 0 nitrogen and oxygen atoms in total. The zero-order valence-corrected chi connectivity index (χ0v) is 22.1. The predicted octanol–water partition coefficient (Wildman–Crippen LogP) is 8.76. The molecule has 168 valence electrons. The van der Waals surface area contributed by atoms with Gasteiger partial charge in [-0.05, 0) is 53.3 Å². The third kappa shape index (κ3) is 7.26. The van der Waals surface area contributed by atoms with Gasteiger partial charge in [0.2, 0.25) is 0 Å². The molecule has 0 aliphatic heterocycles. The molecule has 0 saturated heterocycles. The predicted molar refractivity (Wildman–Crippen MR) is 140 cm³/mol. The van der Waals surface area contributed by atoms with Crippen molar-refractivity contribution in [2.75, 3.05) is 0 Å². The van der Waals surface area contributed by atoms with Crippen LogP contribution in [0.15, 0.2) is 42.0 Å². The first-order chi connectivity index (χ1) is 14.2. The number of benzene rings is 1. The molecule has 1 aromatic carbocycles. The molecule has 0 radical (unpaired) electrons. The van der Waals surface area contributed by atoms with E-state index in [4.69, 9.17) is 0 Å². The molecule has 2 rings (SSSR count). The number of aryl methyl sites for hydroxylation is 2. The minimum absolute atomic E-state index is 0.251. The maximum Gasteiger partial charge on any atom is 0.0912 e. The Kier molecular flexibility index (Phi) is 9.66. The Morgan fingerprint density at radius 2 is 1.30 bits per heavy atom. The molecule has 1 unspecified atom stereocenters. The zero-order valence-electron chi connectivity index (χ0n) is 21.1. The van der Waals surface area contributed by atoms with E-state index in [0.717, 1.165) is 0 Å². The minimum atomic E-state index is -1.60. The van der Waals surface area contributed by atoms with Crippen molar-refractivity contribution in [3.63, 3.8) is 0 Å². The molecule has 0 aromatic heterocycles. The van der Waals surface area contributed by atoms with Gasteiger partial charge >= 0.3 is 0 Å². The molecule has 0 N–H and O–H groups in total. The van der Waals surface area contributed by atoms with Crippen molar-refractivity contribution in [3.8, 4) is 0 Å². The lowest BCUT2D eigenvalue weighted by molar-refractivity contribution is 0.518. The Bertz CT molecular complexity index is 684. The third-order valence-corrected chi connectivity index (χ3v) is 10.8. The Hall–Kier alpha value is -1.08. The highest BCUT2D eigenvalue weighted by molar-refractivity contribution is 6.91. The van der Waals surface area contributed by atoms with Crippen LogP contribution < -0.4 is 5.19 Å². The van der Waals surface area contributed by atoms with Crippen LogP contribution in [0.1, 0.15) is 97.1 Å². The van der Waals surface area contributed by atoms with Crippen LogP contribution in [0, 0.1) is 5.41 Å². The van der Waals surface area contributed by atoms with E-state index >= 15 is 0 Å². The molecular formula is C29H48Si. The highest BCUT2D eigenvalue weighted by atomic mass is 28.3. The van der Waals surface area contributed by atoms with Gasteiger partial charge in [0.15, 0.2) is 0 Å². The van der Waals surface area contributed by atoms with Crippen LogP contribution in [-0.4, -0.2) is 8.07 Å². The lowest BCUT2D eigenvalue weighted by atomic mass is 9.87. The first-order valence-electron chi connectivity index (χ1n) is 12.7. The van der Waals surface area contributed by atoms with E-state index in [1.807, 2.05) is 0 Å². The maximum atomic E-state index is 2.59. The molecule has 1 aliphatic rings. The smallest absolute Gasteiger partial charge is 0.0797 e. The van der Waals surface area contributed by atoms with Crippen LogP contribution in [0.2, 0.25) is 18.6 Å². The molecule has 1 aliphatic carbocycles. The van der Waals surface area contributed by atoms with Gasteiger partial charge in [-0.1, -0.05) is 128 Å². The molecule has 1 aromatic rings. The lowest BCUT2D eigenvalue weighted by Gasteiger charge is -2.29. The Morgan fingerprint density at radius 3 is 1.73 bits per heavy atom. The number of allylic oxidation sites excluding steroid dienone is 4. The van der Waals surface area contributed by atoms with Crippen LogP contribution in [0.25, 0.3) is 0 Å². The van der Waals surface area contributed by atoms with Crippen LogP contribution >= 0.6 is 0 Å². The van der Waals surface area contributed by atoms with Crippen LogP contribution in [0.4, 0.5) is 0 Å². The Labute approximate surface area is 189 Å². The Balaban J connectivity index is 2.24. The van der Waals surface area contributed by atoms with Gasteiger partial charge < -0.3 is 0 Å². The highest BCUT2D eigenvalue weighted by Gasteiger charge is 2.34. The van der Waals surface area contributed by atoms with Crippen molar-refractivity contribution >= 4 is 13.3 Å². The summed E-state index contributed by atoms with van der Waals surface area (Å²) in [4.78, 5) is 0. The molecule has 0 bridgehead atoms. The first-order valence-corrected chi connectivity index (χ1v) is 15.8. The minimum Gasteiger partial charge on any atom is -0.0797 e. The fourth-order valence-electron chi connectivity index (χ4n) is 4.59. The zero-order chi connectivity index (χ0) is 22.2. The second kappa shape index (κ2) is 11.5. The number of hydrogen-bond acceptors (Lipinski definition) is 0. The summed E-state index contributed by atoms with van der Waals surface area (Å²) in [5.41, 5.74) is 5.58. The second-order valence-corrected chi connectivity index (χ2v) is 15.8. The summed E-state index contributed by atoms with van der Waals surface area (Å²) in [7, 11) is -1.60. The van der Waals surface area contributed by atoms with Crippen molar-refractivity contribution < 1.29 is 0 Å². The summed E-state index contributed by atoms with van der Waals surface area (Å²) in [5, 5.41) is 1.67. The fraction of sp³-hybridized carbons (Fsp3) is 0.655. The van der Waals surface area contributed by atoms with Gasteiger partial charge in [-0.15, -0.1) is 0 Å². The van der Waals surface area contributed by atoms with E-state index in [-0.39, 0.29) is 5.41 Å². The molecule has 0 heterocycles. The molecule has 0 saturated carbocycles. The van der Waals surface area contributed by atoms with Gasteiger partial charge in [-0.3, -0.25) is 0 Å². The highest BCUT2D eigenvalue weighted by Crippen LogP contribution is 2.38. The molecular weight excluding hydrogens is 376 g/mol. The Morgan fingerprint density at radius 1 is 0.767 bits per heavy atom. The monoisotopic (exact) mass is 424 g/mol. The SMILES string of the molecule is CCCCCCc1cc(CCCCCC)cc([Si](C)(C)C2C=CC(C(C)(C)C)=C2)c1. The fourth-order valence-corrected chi connectivity index (χ4v) is 7.26. The van der Waals surface area contributed by atoms with Crippen molar-refractivity contribution in [3.05, 3.63) is 53.1 Å². The van der Waals surface area contributed by atoms with E-state index in [1.54, 1.807) is 16.3 Å². The normalized spacial score (nSPS) is 16.9. The quantitative estimate of drug-likeness (QED) is 0.232. The van der Waals surface area contributed by atoms with Gasteiger partial charge in [0, 0.05) is 0 Å². The summed E-state index contributed by atoms with van der Waals surface area (Å²) in [5.74, 6) is 0. The first kappa shape index (κ1) is 25.2. The summed E-state index contributed by atoms with van der Waals surface area (Å²) >= 11 is 0. The molecule has 0 spiro atoms. The van der Waals surface area contributed by atoms with Crippen LogP contribution in [0.3, 0.4) is 0 Å². The standard InChI is InChI=1S/C29H48Si/c1-8-10-12-14-16-24-20-25(17-15-13-11-9-2)22-28(21-24)30(6,7)27-19-18-26(23-27)29(3,4)5/h18-23,27H,8-17H2,1-7H3. The summed E-state index contributed by atoms with van der Waals surface area (Å²) in [6.07, 6.45) is 20.8. The average molecular weight is 425 g/mol. The van der Waals surface area contributed by atoms with Crippen molar-refractivity contribution in [2.45, 2.75) is 117 Å². The van der Waals surface area contributed by atoms with E-state index < -0.39 is 8.07 Å². The van der Waals surface area contributed by atoms with Gasteiger partial charge in [0.25, 0.3) is 0 Å². The van der Waals surface area contributed by atoms with Crippen LogP contribution in [0.5, 0.6) is 0 Å². The molecule has 1 atom stereocenters. The van der Waals surface area contributed by atoms with E-state index in [1.165, 1.54) is 69.8 Å². The van der Waals surface area contributed by atoms with Crippen molar-refractivity contribution in [1.29, 1.82) is 0 Å². The maximum absolute atomic E-state index is 2.59. The molecule has 0 fully saturated rings. The molecule has 30 heavy (non-hydrogen) atoms. The van der Waals surface area contributed by atoms with Gasteiger partial charge in [0.1, 0.15) is 0 Å². The number of rotatable bonds is 12. The van der Waals surface area contributed by atoms with E-state index in [2.05, 4.69) is 84.1 Å². The lowest BCUT2D eigenvalue weighted by Crippen LogP contribution is -2.45. The van der Waals surface area contributed by atoms with E-state index in [0.29, 0.717) is 5.54 Å². The summed E-state index contributed by atoms with van der Waals surface area (Å²) in [6, 6.07) is 7.71. The third-order valence-electron chi connectivity index (χ3n) is 6.98. The van der Waals surface area contributed by atoms with E-state index in [9.17, 15) is 0 Å². The van der Waals surface area contributed by atoms with Gasteiger partial charge in [-0.25, -0.2) is 0 Å². The number of hydrogen-bond donors (Lipinski definition) is 0.